The number of hydrogen-bond donors (Lipinski definition) is 3. The number of ether oxygens (including phenoxy) is 1. The fourth-order valence-electron chi connectivity index (χ4n) is 2.52. The lowest BCUT2D eigenvalue weighted by Gasteiger charge is -2.26. The van der Waals surface area contributed by atoms with Gasteiger partial charge in [0, 0.05) is 12.1 Å². The lowest BCUT2D eigenvalue weighted by atomic mass is 10.1. The molecule has 0 saturated heterocycles. The van der Waals surface area contributed by atoms with Crippen molar-refractivity contribution in [3.63, 3.8) is 0 Å². The van der Waals surface area contributed by atoms with Gasteiger partial charge in [0.1, 0.15) is 16.7 Å². The van der Waals surface area contributed by atoms with Gasteiger partial charge in [-0.15, -0.1) is 0 Å². The Hall–Kier alpha value is -2.86. The number of carbonyl (C=O) groups excluding carboxylic acids is 1. The van der Waals surface area contributed by atoms with E-state index >= 15 is 0 Å². The van der Waals surface area contributed by atoms with Crippen LogP contribution >= 0.6 is 12.2 Å². The highest BCUT2D eigenvalue weighted by atomic mass is 32.1. The predicted octanol–water partition coefficient (Wildman–Crippen LogP) is 3.63. The largest absolute Gasteiger partial charge is 0.459 e. The Kier molecular flexibility index (Phi) is 5.30. The first-order valence-electron chi connectivity index (χ1n) is 8.01. The predicted molar refractivity (Wildman–Crippen MR) is 103 cm³/mol. The molecule has 2 aromatic rings. The molecule has 0 spiro atoms. The van der Waals surface area contributed by atoms with Crippen LogP contribution in [0.3, 0.4) is 0 Å². The molecule has 0 saturated carbocycles. The number of nitrogens with one attached hydrogen (secondary N) is 3. The summed E-state index contributed by atoms with van der Waals surface area (Å²) in [6, 6.07) is 19.1. The summed E-state index contributed by atoms with van der Waals surface area (Å²) in [5.74, 6) is -0.426. The molecule has 25 heavy (non-hydrogen) atoms. The molecule has 6 heteroatoms. The Morgan fingerprint density at radius 2 is 1.60 bits per heavy atom. The fourth-order valence-corrected chi connectivity index (χ4v) is 2.85. The standard InChI is InChI=1S/C19H19N3O2S/c1-13-12-16(22-21-15-10-6-3-7-11-15)17(19(23)24-13)18(25)20-14-8-4-2-5-9-14/h2-11,13,21-22H,12H2,1H3,(H,20,25). The maximum atomic E-state index is 12.4. The van der Waals surface area contributed by atoms with E-state index in [1.54, 1.807) is 0 Å². The number of thiocarbonyl (C=S) groups is 1. The van der Waals surface area contributed by atoms with Crippen LogP contribution in [0, 0.1) is 0 Å². The second-order valence-corrected chi connectivity index (χ2v) is 6.12. The van der Waals surface area contributed by atoms with Crippen molar-refractivity contribution in [2.24, 2.45) is 0 Å². The third kappa shape index (κ3) is 4.36. The zero-order chi connectivity index (χ0) is 17.6. The van der Waals surface area contributed by atoms with Gasteiger partial charge in [0.15, 0.2) is 0 Å². The van der Waals surface area contributed by atoms with Crippen molar-refractivity contribution < 1.29 is 9.53 Å². The van der Waals surface area contributed by atoms with Crippen LogP contribution in [0.1, 0.15) is 13.3 Å². The second kappa shape index (κ2) is 7.81. The number of benzene rings is 2. The first-order chi connectivity index (χ1) is 12.1. The minimum Gasteiger partial charge on any atom is -0.459 e. The summed E-state index contributed by atoms with van der Waals surface area (Å²) in [7, 11) is 0. The molecule has 0 amide bonds. The van der Waals surface area contributed by atoms with Gasteiger partial charge < -0.3 is 20.9 Å². The summed E-state index contributed by atoms with van der Waals surface area (Å²) in [4.78, 5) is 12.7. The molecule has 1 atom stereocenters. The monoisotopic (exact) mass is 353 g/mol. The molecule has 0 bridgehead atoms. The van der Waals surface area contributed by atoms with Gasteiger partial charge in [0.2, 0.25) is 0 Å². The topological polar surface area (TPSA) is 62.4 Å². The summed E-state index contributed by atoms with van der Waals surface area (Å²) in [5.41, 5.74) is 8.99. The number of hydrazine groups is 1. The van der Waals surface area contributed by atoms with Crippen LogP contribution in [0.2, 0.25) is 0 Å². The summed E-state index contributed by atoms with van der Waals surface area (Å²) in [6.07, 6.45) is 0.341. The third-order valence-corrected chi connectivity index (χ3v) is 4.00. The van der Waals surface area contributed by atoms with E-state index in [9.17, 15) is 4.79 Å². The number of anilines is 2. The molecule has 5 nitrogen and oxygen atoms in total. The van der Waals surface area contributed by atoms with Crippen LogP contribution in [0.25, 0.3) is 0 Å². The molecule has 0 aromatic heterocycles. The van der Waals surface area contributed by atoms with E-state index in [0.717, 1.165) is 11.4 Å². The van der Waals surface area contributed by atoms with Crippen molar-refractivity contribution in [3.05, 3.63) is 71.9 Å². The molecule has 2 aromatic carbocycles. The van der Waals surface area contributed by atoms with E-state index in [1.807, 2.05) is 67.6 Å². The Bertz CT molecular complexity index is 791. The van der Waals surface area contributed by atoms with Crippen LogP contribution in [0.15, 0.2) is 71.9 Å². The molecule has 1 heterocycles. The fraction of sp³-hybridized carbons (Fsp3) is 0.158. The molecule has 3 N–H and O–H groups in total. The highest BCUT2D eigenvalue weighted by molar-refractivity contribution is 7.81. The Balaban J connectivity index is 1.81. The van der Waals surface area contributed by atoms with E-state index in [2.05, 4.69) is 16.2 Å². The number of esters is 1. The van der Waals surface area contributed by atoms with E-state index < -0.39 is 5.97 Å². The Morgan fingerprint density at radius 3 is 2.24 bits per heavy atom. The summed E-state index contributed by atoms with van der Waals surface area (Å²) in [6.45, 7) is 1.85. The molecular formula is C19H19N3O2S. The van der Waals surface area contributed by atoms with E-state index in [1.165, 1.54) is 0 Å². The summed E-state index contributed by atoms with van der Waals surface area (Å²) in [5, 5.41) is 3.09. The van der Waals surface area contributed by atoms with Gasteiger partial charge >= 0.3 is 5.97 Å². The minimum absolute atomic E-state index is 0.212. The highest BCUT2D eigenvalue weighted by Crippen LogP contribution is 2.22. The van der Waals surface area contributed by atoms with E-state index in [4.69, 9.17) is 17.0 Å². The van der Waals surface area contributed by atoms with E-state index in [0.29, 0.717) is 22.7 Å². The normalized spacial score (nSPS) is 16.8. The molecule has 0 fully saturated rings. The third-order valence-electron chi connectivity index (χ3n) is 3.70. The van der Waals surface area contributed by atoms with Crippen LogP contribution in [0.4, 0.5) is 11.4 Å². The number of para-hydroxylation sites is 2. The number of hydrogen-bond acceptors (Lipinski definition) is 5. The first-order valence-corrected chi connectivity index (χ1v) is 8.42. The van der Waals surface area contributed by atoms with Gasteiger partial charge in [0.05, 0.1) is 11.4 Å². The van der Waals surface area contributed by atoms with Gasteiger partial charge in [0.25, 0.3) is 0 Å². The smallest absolute Gasteiger partial charge is 0.343 e. The second-order valence-electron chi connectivity index (χ2n) is 5.71. The highest BCUT2D eigenvalue weighted by Gasteiger charge is 2.29. The maximum absolute atomic E-state index is 12.4. The van der Waals surface area contributed by atoms with Gasteiger partial charge in [-0.1, -0.05) is 48.6 Å². The molecule has 1 aliphatic heterocycles. The van der Waals surface area contributed by atoms with Gasteiger partial charge in [-0.25, -0.2) is 4.79 Å². The van der Waals surface area contributed by atoms with Crippen LogP contribution in [-0.2, 0) is 9.53 Å². The molecule has 0 radical (unpaired) electrons. The molecule has 1 unspecified atom stereocenters. The van der Waals surface area contributed by atoms with Crippen molar-refractivity contribution in [1.82, 2.24) is 5.43 Å². The van der Waals surface area contributed by atoms with Crippen molar-refractivity contribution in [2.45, 2.75) is 19.4 Å². The SMILES string of the molecule is CC1CC(NNc2ccccc2)=C(C(=S)Nc2ccccc2)C(=O)O1. The number of carbonyl (C=O) groups is 1. The van der Waals surface area contributed by atoms with Crippen molar-refractivity contribution in [2.75, 3.05) is 10.7 Å². The minimum atomic E-state index is -0.426. The van der Waals surface area contributed by atoms with Crippen molar-refractivity contribution in [1.29, 1.82) is 0 Å². The number of rotatable bonds is 5. The summed E-state index contributed by atoms with van der Waals surface area (Å²) >= 11 is 5.44. The van der Waals surface area contributed by atoms with Crippen molar-refractivity contribution in [3.8, 4) is 0 Å². The lowest BCUT2D eigenvalue weighted by molar-refractivity contribution is -0.144. The van der Waals surface area contributed by atoms with Crippen LogP contribution < -0.4 is 16.2 Å². The summed E-state index contributed by atoms with van der Waals surface area (Å²) < 4.78 is 5.35. The van der Waals surface area contributed by atoms with Crippen LogP contribution in [-0.4, -0.2) is 17.1 Å². The van der Waals surface area contributed by atoms with Gasteiger partial charge in [-0.2, -0.15) is 0 Å². The average Bonchev–Trinajstić information content (AvgIpc) is 2.61. The first kappa shape index (κ1) is 17.0. The zero-order valence-corrected chi connectivity index (χ0v) is 14.6. The average molecular weight is 353 g/mol. The van der Waals surface area contributed by atoms with Crippen LogP contribution in [0.5, 0.6) is 0 Å². The molecule has 1 aliphatic rings. The van der Waals surface area contributed by atoms with E-state index in [-0.39, 0.29) is 6.10 Å². The zero-order valence-electron chi connectivity index (χ0n) is 13.8. The molecular weight excluding hydrogens is 334 g/mol. The molecule has 0 aliphatic carbocycles. The Morgan fingerprint density at radius 1 is 1.00 bits per heavy atom. The van der Waals surface area contributed by atoms with Gasteiger partial charge in [-0.05, 0) is 31.2 Å². The van der Waals surface area contributed by atoms with Crippen molar-refractivity contribution >= 4 is 34.6 Å². The molecule has 3 rings (SSSR count). The quantitative estimate of drug-likeness (QED) is 0.433. The Labute approximate surface area is 152 Å². The number of cyclic esters (lactones) is 1. The van der Waals surface area contributed by atoms with Gasteiger partial charge in [-0.3, -0.25) is 0 Å². The lowest BCUT2D eigenvalue weighted by Crippen LogP contribution is -2.36. The maximum Gasteiger partial charge on any atom is 0.343 e. The molecule has 128 valence electrons.